The Morgan fingerprint density at radius 1 is 1.04 bits per heavy atom. The van der Waals surface area contributed by atoms with Gasteiger partial charge in [0.1, 0.15) is 0 Å². The van der Waals surface area contributed by atoms with Crippen molar-refractivity contribution in [3.63, 3.8) is 0 Å². The van der Waals surface area contributed by atoms with Crippen molar-refractivity contribution in [3.05, 3.63) is 29.8 Å². The van der Waals surface area contributed by atoms with Crippen LogP contribution in [0.25, 0.3) is 0 Å². The predicted octanol–water partition coefficient (Wildman–Crippen LogP) is 4.28. The van der Waals surface area contributed by atoms with Crippen LogP contribution in [0, 0.1) is 5.92 Å². The lowest BCUT2D eigenvalue weighted by atomic mass is 9.96. The van der Waals surface area contributed by atoms with Gasteiger partial charge in [-0.2, -0.15) is 0 Å². The van der Waals surface area contributed by atoms with Crippen LogP contribution in [0.2, 0.25) is 0 Å². The normalized spacial score (nSPS) is 20.1. The second kappa shape index (κ2) is 9.25. The molecule has 2 aliphatic rings. The van der Waals surface area contributed by atoms with Crippen molar-refractivity contribution in [2.45, 2.75) is 64.8 Å². The number of nitrogens with zero attached hydrogens (tertiary/aromatic N) is 2. The molecule has 0 aromatic heterocycles. The molecule has 1 atom stereocenters. The number of anilines is 1. The van der Waals surface area contributed by atoms with Crippen molar-refractivity contribution in [2.24, 2.45) is 5.92 Å². The summed E-state index contributed by atoms with van der Waals surface area (Å²) in [4.78, 5) is 28.9. The van der Waals surface area contributed by atoms with Crippen LogP contribution >= 0.6 is 0 Å². The van der Waals surface area contributed by atoms with Gasteiger partial charge in [-0.1, -0.05) is 25.0 Å². The molecule has 2 fully saturated rings. The van der Waals surface area contributed by atoms with E-state index in [1.54, 1.807) is 0 Å². The highest BCUT2D eigenvalue weighted by molar-refractivity contribution is 5.90. The summed E-state index contributed by atoms with van der Waals surface area (Å²) in [5.74, 6) is 0.833. The third-order valence-electron chi connectivity index (χ3n) is 6.18. The molecular weight excluding hydrogens is 338 g/mol. The van der Waals surface area contributed by atoms with Gasteiger partial charge in [0.2, 0.25) is 5.91 Å². The molecule has 1 saturated carbocycles. The molecule has 1 aromatic carbocycles. The van der Waals surface area contributed by atoms with E-state index in [1.165, 1.54) is 25.7 Å². The van der Waals surface area contributed by atoms with Crippen molar-refractivity contribution in [2.75, 3.05) is 25.0 Å². The molecular formula is C22H33N3O2. The van der Waals surface area contributed by atoms with Crippen LogP contribution in [0.3, 0.4) is 0 Å². The minimum atomic E-state index is 0.0244. The number of urea groups is 1. The molecule has 148 valence electrons. The van der Waals surface area contributed by atoms with Crippen LogP contribution in [-0.2, 0) is 11.2 Å². The lowest BCUT2D eigenvalue weighted by molar-refractivity contribution is -0.130. The molecule has 5 nitrogen and oxygen atoms in total. The highest BCUT2D eigenvalue weighted by Crippen LogP contribution is 2.35. The van der Waals surface area contributed by atoms with E-state index in [9.17, 15) is 9.59 Å². The molecule has 3 amide bonds. The van der Waals surface area contributed by atoms with E-state index in [0.717, 1.165) is 43.7 Å². The van der Waals surface area contributed by atoms with Crippen molar-refractivity contribution in [1.29, 1.82) is 0 Å². The van der Waals surface area contributed by atoms with Crippen molar-refractivity contribution < 1.29 is 9.59 Å². The number of likely N-dealkylation sites (N-methyl/N-ethyl adjacent to an activating group) is 1. The molecule has 0 radical (unpaired) electrons. The Labute approximate surface area is 163 Å². The van der Waals surface area contributed by atoms with Gasteiger partial charge < -0.3 is 15.1 Å². The molecule has 3 rings (SSSR count). The van der Waals surface area contributed by atoms with Crippen LogP contribution in [0.15, 0.2) is 24.3 Å². The first-order chi connectivity index (χ1) is 13.1. The van der Waals surface area contributed by atoms with Crippen molar-refractivity contribution in [3.8, 4) is 0 Å². The van der Waals surface area contributed by atoms with Gasteiger partial charge in [-0.25, -0.2) is 4.79 Å². The van der Waals surface area contributed by atoms with Crippen LogP contribution in [-0.4, -0.2) is 47.4 Å². The molecule has 1 aliphatic heterocycles. The van der Waals surface area contributed by atoms with E-state index in [2.05, 4.69) is 5.32 Å². The number of rotatable bonds is 6. The zero-order valence-corrected chi connectivity index (χ0v) is 16.7. The maximum atomic E-state index is 12.8. The topological polar surface area (TPSA) is 52.7 Å². The third-order valence-corrected chi connectivity index (χ3v) is 6.18. The third kappa shape index (κ3) is 4.82. The standard InChI is InChI=1S/C22H33N3O2/c1-3-24(4-2)21(26)16-17-11-13-19(14-12-17)23-22(27)25-15-7-10-20(25)18-8-5-6-9-18/h11-14,18,20H,3-10,15-16H2,1-2H3,(H,23,27). The Balaban J connectivity index is 1.56. The van der Waals surface area contributed by atoms with E-state index in [-0.39, 0.29) is 11.9 Å². The number of benzene rings is 1. The van der Waals surface area contributed by atoms with Gasteiger partial charge in [-0.05, 0) is 63.1 Å². The quantitative estimate of drug-likeness (QED) is 0.811. The Kier molecular flexibility index (Phi) is 6.75. The molecule has 1 aromatic rings. The zero-order valence-electron chi connectivity index (χ0n) is 16.7. The van der Waals surface area contributed by atoms with Crippen LogP contribution < -0.4 is 5.32 Å². The zero-order chi connectivity index (χ0) is 19.2. The van der Waals surface area contributed by atoms with Gasteiger partial charge in [0.25, 0.3) is 0 Å². The van der Waals surface area contributed by atoms with Crippen LogP contribution in [0.4, 0.5) is 10.5 Å². The maximum Gasteiger partial charge on any atom is 0.322 e. The highest BCUT2D eigenvalue weighted by Gasteiger charge is 2.35. The summed E-state index contributed by atoms with van der Waals surface area (Å²) in [6.45, 7) is 6.33. The SMILES string of the molecule is CCN(CC)C(=O)Cc1ccc(NC(=O)N2CCCC2C2CCCC2)cc1. The Bertz CT molecular complexity index is 633. The second-order valence-corrected chi connectivity index (χ2v) is 7.82. The van der Waals surface area contributed by atoms with Crippen molar-refractivity contribution in [1.82, 2.24) is 9.80 Å². The molecule has 1 saturated heterocycles. The van der Waals surface area contributed by atoms with Gasteiger partial charge >= 0.3 is 6.03 Å². The molecule has 0 spiro atoms. The van der Waals surface area contributed by atoms with E-state index in [4.69, 9.17) is 0 Å². The second-order valence-electron chi connectivity index (χ2n) is 7.82. The molecule has 1 heterocycles. The monoisotopic (exact) mass is 371 g/mol. The number of amides is 3. The smallest absolute Gasteiger partial charge is 0.322 e. The van der Waals surface area contributed by atoms with Gasteiger partial charge in [-0.15, -0.1) is 0 Å². The van der Waals surface area contributed by atoms with Gasteiger partial charge in [0, 0.05) is 31.4 Å². The molecule has 1 unspecified atom stereocenters. The summed E-state index contributed by atoms with van der Waals surface area (Å²) >= 11 is 0. The molecule has 0 bridgehead atoms. The van der Waals surface area contributed by atoms with E-state index in [0.29, 0.717) is 18.4 Å². The lowest BCUT2D eigenvalue weighted by Crippen LogP contribution is -2.41. The number of hydrogen-bond acceptors (Lipinski definition) is 2. The Hall–Kier alpha value is -2.04. The van der Waals surface area contributed by atoms with Gasteiger partial charge in [0.05, 0.1) is 6.42 Å². The number of carbonyl (C=O) groups is 2. The number of nitrogens with one attached hydrogen (secondary N) is 1. The summed E-state index contributed by atoms with van der Waals surface area (Å²) in [7, 11) is 0. The summed E-state index contributed by atoms with van der Waals surface area (Å²) in [5, 5.41) is 3.05. The first-order valence-corrected chi connectivity index (χ1v) is 10.6. The van der Waals surface area contributed by atoms with Crippen LogP contribution in [0.1, 0.15) is 57.9 Å². The fourth-order valence-electron chi connectivity index (χ4n) is 4.64. The largest absolute Gasteiger partial charge is 0.343 e. The minimum Gasteiger partial charge on any atom is -0.343 e. The Morgan fingerprint density at radius 3 is 2.33 bits per heavy atom. The van der Waals surface area contributed by atoms with Crippen molar-refractivity contribution >= 4 is 17.6 Å². The van der Waals surface area contributed by atoms with E-state index < -0.39 is 0 Å². The lowest BCUT2D eigenvalue weighted by Gasteiger charge is -2.29. The summed E-state index contributed by atoms with van der Waals surface area (Å²) in [6, 6.07) is 8.13. The molecule has 1 N–H and O–H groups in total. The first-order valence-electron chi connectivity index (χ1n) is 10.6. The average molecular weight is 372 g/mol. The minimum absolute atomic E-state index is 0.0244. The highest BCUT2D eigenvalue weighted by atomic mass is 16.2. The van der Waals surface area contributed by atoms with Gasteiger partial charge in [0.15, 0.2) is 0 Å². The van der Waals surface area contributed by atoms with E-state index in [1.807, 2.05) is 47.9 Å². The first kappa shape index (κ1) is 19.7. The molecule has 5 heteroatoms. The fraction of sp³-hybridized carbons (Fsp3) is 0.636. The Morgan fingerprint density at radius 2 is 1.70 bits per heavy atom. The average Bonchev–Trinajstić information content (AvgIpc) is 3.35. The van der Waals surface area contributed by atoms with Crippen LogP contribution in [0.5, 0.6) is 0 Å². The number of carbonyl (C=O) groups excluding carboxylic acids is 2. The summed E-state index contributed by atoms with van der Waals surface area (Å²) < 4.78 is 0. The maximum absolute atomic E-state index is 12.8. The number of likely N-dealkylation sites (tertiary alicyclic amines) is 1. The number of hydrogen-bond donors (Lipinski definition) is 1. The summed E-state index contributed by atoms with van der Waals surface area (Å²) in [5.41, 5.74) is 1.78. The summed E-state index contributed by atoms with van der Waals surface area (Å²) in [6.07, 6.45) is 7.82. The predicted molar refractivity (Wildman–Crippen MR) is 109 cm³/mol. The molecule has 27 heavy (non-hydrogen) atoms. The van der Waals surface area contributed by atoms with Gasteiger partial charge in [-0.3, -0.25) is 4.79 Å². The van der Waals surface area contributed by atoms with E-state index >= 15 is 0 Å². The fourth-order valence-corrected chi connectivity index (χ4v) is 4.64. The molecule has 1 aliphatic carbocycles.